The molecule has 2 rings (SSSR count). The predicted molar refractivity (Wildman–Crippen MR) is 74.2 cm³/mol. The standard InChI is InChI=1S/C13H22N2O2S/c1-9-2-3-10(8-9)15-12(16)13(11(14)18)4-6-17-7-5-13/h9-10H,2-8H2,1H3,(H2,14,18)(H,15,16). The van der Waals surface area contributed by atoms with Crippen LogP contribution in [0.2, 0.25) is 0 Å². The fourth-order valence-corrected chi connectivity index (χ4v) is 3.26. The van der Waals surface area contributed by atoms with Gasteiger partial charge in [-0.1, -0.05) is 19.1 Å². The first-order valence-corrected chi connectivity index (χ1v) is 7.14. The van der Waals surface area contributed by atoms with Gasteiger partial charge in [-0.15, -0.1) is 0 Å². The second kappa shape index (κ2) is 5.53. The van der Waals surface area contributed by atoms with Gasteiger partial charge in [0.05, 0.1) is 4.99 Å². The maximum absolute atomic E-state index is 12.5. The van der Waals surface area contributed by atoms with Crippen molar-refractivity contribution in [3.05, 3.63) is 0 Å². The SMILES string of the molecule is CC1CCC(NC(=O)C2(C(N)=S)CCOCC2)C1. The summed E-state index contributed by atoms with van der Waals surface area (Å²) in [4.78, 5) is 12.8. The van der Waals surface area contributed by atoms with E-state index >= 15 is 0 Å². The summed E-state index contributed by atoms with van der Waals surface area (Å²) in [6.45, 7) is 3.35. The van der Waals surface area contributed by atoms with Gasteiger partial charge in [0.25, 0.3) is 0 Å². The lowest BCUT2D eigenvalue weighted by Gasteiger charge is -2.35. The van der Waals surface area contributed by atoms with Crippen molar-refractivity contribution in [1.29, 1.82) is 0 Å². The van der Waals surface area contributed by atoms with E-state index in [1.54, 1.807) is 0 Å². The second-order valence-electron chi connectivity index (χ2n) is 5.65. The molecule has 0 radical (unpaired) electrons. The van der Waals surface area contributed by atoms with Gasteiger partial charge in [-0.25, -0.2) is 0 Å². The number of hydrogen-bond acceptors (Lipinski definition) is 3. The Bertz CT molecular complexity index is 340. The Labute approximate surface area is 114 Å². The summed E-state index contributed by atoms with van der Waals surface area (Å²) in [7, 11) is 0. The monoisotopic (exact) mass is 270 g/mol. The summed E-state index contributed by atoms with van der Waals surface area (Å²) < 4.78 is 5.32. The first-order chi connectivity index (χ1) is 8.54. The predicted octanol–water partition coefficient (Wildman–Crippen LogP) is 1.37. The lowest BCUT2D eigenvalue weighted by Crippen LogP contribution is -2.53. The minimum atomic E-state index is -0.681. The number of thiocarbonyl (C=S) groups is 1. The number of nitrogens with one attached hydrogen (secondary N) is 1. The van der Waals surface area contributed by atoms with Crippen molar-refractivity contribution in [2.75, 3.05) is 13.2 Å². The highest BCUT2D eigenvalue weighted by Gasteiger charge is 2.43. The zero-order chi connectivity index (χ0) is 13.2. The molecule has 1 aliphatic heterocycles. The number of amides is 1. The van der Waals surface area contributed by atoms with Crippen LogP contribution in [0.4, 0.5) is 0 Å². The lowest BCUT2D eigenvalue weighted by atomic mass is 9.79. The normalized spacial score (nSPS) is 30.9. The Morgan fingerprint density at radius 3 is 2.56 bits per heavy atom. The van der Waals surface area contributed by atoms with E-state index in [4.69, 9.17) is 22.7 Å². The van der Waals surface area contributed by atoms with Crippen LogP contribution in [0.3, 0.4) is 0 Å². The van der Waals surface area contributed by atoms with Crippen LogP contribution in [-0.4, -0.2) is 30.2 Å². The molecule has 2 fully saturated rings. The van der Waals surface area contributed by atoms with E-state index in [-0.39, 0.29) is 5.91 Å². The van der Waals surface area contributed by atoms with Gasteiger partial charge < -0.3 is 15.8 Å². The van der Waals surface area contributed by atoms with Crippen LogP contribution in [0, 0.1) is 11.3 Å². The molecule has 1 aliphatic carbocycles. The van der Waals surface area contributed by atoms with Crippen LogP contribution < -0.4 is 11.1 Å². The van der Waals surface area contributed by atoms with Crippen molar-refractivity contribution >= 4 is 23.1 Å². The molecule has 2 unspecified atom stereocenters. The molecule has 4 nitrogen and oxygen atoms in total. The van der Waals surface area contributed by atoms with E-state index < -0.39 is 5.41 Å². The zero-order valence-corrected chi connectivity index (χ0v) is 11.7. The quantitative estimate of drug-likeness (QED) is 0.760. The number of rotatable bonds is 3. The van der Waals surface area contributed by atoms with Gasteiger partial charge in [0, 0.05) is 19.3 Å². The van der Waals surface area contributed by atoms with Crippen LogP contribution in [0.1, 0.15) is 39.0 Å². The molecule has 1 saturated heterocycles. The molecule has 5 heteroatoms. The first-order valence-electron chi connectivity index (χ1n) is 6.73. The summed E-state index contributed by atoms with van der Waals surface area (Å²) in [6.07, 6.45) is 4.54. The Hall–Kier alpha value is -0.680. The number of carbonyl (C=O) groups is 1. The second-order valence-corrected chi connectivity index (χ2v) is 6.09. The molecule has 0 aromatic carbocycles. The molecule has 0 aromatic heterocycles. The first kappa shape index (κ1) is 13.7. The van der Waals surface area contributed by atoms with E-state index in [1.165, 1.54) is 6.42 Å². The smallest absolute Gasteiger partial charge is 0.233 e. The molecule has 0 bridgehead atoms. The van der Waals surface area contributed by atoms with Crippen molar-refractivity contribution in [2.45, 2.75) is 45.1 Å². The molecule has 3 N–H and O–H groups in total. The van der Waals surface area contributed by atoms with Crippen molar-refractivity contribution in [1.82, 2.24) is 5.32 Å². The van der Waals surface area contributed by atoms with E-state index in [2.05, 4.69) is 12.2 Å². The Kier molecular flexibility index (Phi) is 4.22. The fraction of sp³-hybridized carbons (Fsp3) is 0.846. The van der Waals surface area contributed by atoms with Crippen LogP contribution >= 0.6 is 12.2 Å². The summed E-state index contributed by atoms with van der Waals surface area (Å²) in [6, 6.07) is 0.293. The van der Waals surface area contributed by atoms with Crippen LogP contribution in [0.15, 0.2) is 0 Å². The maximum atomic E-state index is 12.5. The molecule has 1 heterocycles. The number of carbonyl (C=O) groups excluding carboxylic acids is 1. The third-order valence-corrected chi connectivity index (χ3v) is 4.67. The highest BCUT2D eigenvalue weighted by molar-refractivity contribution is 7.80. The molecule has 2 atom stereocenters. The van der Waals surface area contributed by atoms with E-state index in [0.29, 0.717) is 43.0 Å². The van der Waals surface area contributed by atoms with E-state index in [9.17, 15) is 4.79 Å². The Balaban J connectivity index is 2.02. The molecule has 2 aliphatic rings. The van der Waals surface area contributed by atoms with E-state index in [0.717, 1.165) is 12.8 Å². The summed E-state index contributed by atoms with van der Waals surface area (Å²) >= 11 is 5.13. The molecular weight excluding hydrogens is 248 g/mol. The van der Waals surface area contributed by atoms with Gasteiger partial charge in [0.1, 0.15) is 5.41 Å². The highest BCUT2D eigenvalue weighted by atomic mass is 32.1. The van der Waals surface area contributed by atoms with Crippen LogP contribution in [0.5, 0.6) is 0 Å². The van der Waals surface area contributed by atoms with Gasteiger partial charge in [0.15, 0.2) is 0 Å². The van der Waals surface area contributed by atoms with Crippen molar-refractivity contribution < 1.29 is 9.53 Å². The Morgan fingerprint density at radius 1 is 1.39 bits per heavy atom. The molecule has 102 valence electrons. The largest absolute Gasteiger partial charge is 0.392 e. The maximum Gasteiger partial charge on any atom is 0.233 e. The zero-order valence-electron chi connectivity index (χ0n) is 10.9. The average molecular weight is 270 g/mol. The van der Waals surface area contributed by atoms with Crippen molar-refractivity contribution in [3.63, 3.8) is 0 Å². The third kappa shape index (κ3) is 2.67. The summed E-state index contributed by atoms with van der Waals surface area (Å²) in [5.74, 6) is 0.711. The highest BCUT2D eigenvalue weighted by Crippen LogP contribution is 2.33. The summed E-state index contributed by atoms with van der Waals surface area (Å²) in [5.41, 5.74) is 5.14. The molecule has 1 amide bonds. The van der Waals surface area contributed by atoms with E-state index in [1.807, 2.05) is 0 Å². The van der Waals surface area contributed by atoms with Gasteiger partial charge in [0.2, 0.25) is 5.91 Å². The van der Waals surface area contributed by atoms with Gasteiger partial charge in [-0.2, -0.15) is 0 Å². The minimum absolute atomic E-state index is 0.0115. The van der Waals surface area contributed by atoms with Crippen LogP contribution in [0.25, 0.3) is 0 Å². The molecule has 1 saturated carbocycles. The number of ether oxygens (including phenoxy) is 1. The molecule has 0 spiro atoms. The lowest BCUT2D eigenvalue weighted by molar-refractivity contribution is -0.132. The van der Waals surface area contributed by atoms with Crippen molar-refractivity contribution in [2.24, 2.45) is 17.1 Å². The minimum Gasteiger partial charge on any atom is -0.392 e. The average Bonchev–Trinajstić information content (AvgIpc) is 2.75. The van der Waals surface area contributed by atoms with Gasteiger partial charge in [-0.3, -0.25) is 4.79 Å². The van der Waals surface area contributed by atoms with Gasteiger partial charge >= 0.3 is 0 Å². The summed E-state index contributed by atoms with van der Waals surface area (Å²) in [5, 5.41) is 3.14. The third-order valence-electron chi connectivity index (χ3n) is 4.28. The number of nitrogens with two attached hydrogens (primary N) is 1. The molecule has 0 aromatic rings. The van der Waals surface area contributed by atoms with Crippen LogP contribution in [-0.2, 0) is 9.53 Å². The van der Waals surface area contributed by atoms with Crippen molar-refractivity contribution in [3.8, 4) is 0 Å². The molecule has 18 heavy (non-hydrogen) atoms. The number of hydrogen-bond donors (Lipinski definition) is 2. The van der Waals surface area contributed by atoms with Gasteiger partial charge in [-0.05, 0) is 38.0 Å². The molecular formula is C13H22N2O2S. The topological polar surface area (TPSA) is 64.4 Å². The Morgan fingerprint density at radius 2 is 2.06 bits per heavy atom. The fourth-order valence-electron chi connectivity index (χ4n) is 2.97.